The first kappa shape index (κ1) is 35.5. The van der Waals surface area contributed by atoms with E-state index in [4.69, 9.17) is 4.42 Å². The molecule has 2 nitrogen and oxygen atoms in total. The van der Waals surface area contributed by atoms with Crippen molar-refractivity contribution in [3.63, 3.8) is 0 Å². The highest BCUT2D eigenvalue weighted by molar-refractivity contribution is 7.26. The molecule has 0 radical (unpaired) electrons. The van der Waals surface area contributed by atoms with Gasteiger partial charge >= 0.3 is 0 Å². The summed E-state index contributed by atoms with van der Waals surface area (Å²) in [7, 11) is 0. The fourth-order valence-electron chi connectivity index (χ4n) is 12.5. The Morgan fingerprint density at radius 2 is 0.938 bits per heavy atom. The summed E-state index contributed by atoms with van der Waals surface area (Å²) in [5.41, 5.74) is 19.2. The number of fused-ring (bicyclic) bond motifs is 20. The number of furan rings is 1. The molecule has 0 saturated heterocycles. The molecule has 0 N–H and O–H groups in total. The summed E-state index contributed by atoms with van der Waals surface area (Å²) in [6.45, 7) is 0. The van der Waals surface area contributed by atoms with Crippen LogP contribution in [0.1, 0.15) is 44.5 Å². The molecular weight excluding hydrogens is 807 g/mol. The van der Waals surface area contributed by atoms with E-state index in [2.05, 4.69) is 229 Å². The third kappa shape index (κ3) is 4.34. The van der Waals surface area contributed by atoms with Crippen LogP contribution in [0.3, 0.4) is 0 Å². The zero-order chi connectivity index (χ0) is 42.4. The summed E-state index contributed by atoms with van der Waals surface area (Å²) < 4.78 is 9.81. The molecule has 2 aliphatic carbocycles. The van der Waals surface area contributed by atoms with Crippen LogP contribution < -0.4 is 4.90 Å². The van der Waals surface area contributed by atoms with Crippen molar-refractivity contribution in [2.24, 2.45) is 0 Å². The van der Waals surface area contributed by atoms with Gasteiger partial charge in [-0.05, 0) is 97.6 Å². The quantitative estimate of drug-likeness (QED) is 0.176. The molecule has 0 unspecified atom stereocenters. The number of anilines is 3. The number of hydrogen-bond donors (Lipinski definition) is 0. The van der Waals surface area contributed by atoms with Gasteiger partial charge in [0, 0.05) is 37.5 Å². The van der Waals surface area contributed by atoms with Crippen LogP contribution >= 0.6 is 11.3 Å². The van der Waals surface area contributed by atoms with Gasteiger partial charge < -0.3 is 9.32 Å². The van der Waals surface area contributed by atoms with Crippen LogP contribution in [0, 0.1) is 0 Å². The average Bonchev–Trinajstić information content (AvgIpc) is 4.11. The molecule has 3 heteroatoms. The Bertz CT molecular complexity index is 3880. The number of para-hydroxylation sites is 1. The highest BCUT2D eigenvalue weighted by Crippen LogP contribution is 2.67. The second-order valence-electron chi connectivity index (χ2n) is 17.8. The predicted molar refractivity (Wildman–Crippen MR) is 269 cm³/mol. The molecule has 0 atom stereocenters. The first-order valence-corrected chi connectivity index (χ1v) is 23.3. The fourth-order valence-corrected chi connectivity index (χ4v) is 13.8. The van der Waals surface area contributed by atoms with Crippen molar-refractivity contribution in [1.82, 2.24) is 0 Å². The molecule has 1 spiro atoms. The maximum Gasteiger partial charge on any atom is 0.142 e. The van der Waals surface area contributed by atoms with Gasteiger partial charge in [0.05, 0.1) is 26.9 Å². The standard InChI is InChI=1S/C62H37NOS/c1-3-17-38(18-4-1)61(39-19-5-2-6-20-39)49-26-12-7-23-43(49)44-32-31-40(37-53(44)61)63-54-36-34-47-45-24-10-15-29-55(45)64-59(47)57(54)62(50-27-13-8-21-41(50)42-22-9-14-28-51(42)62)52-35-33-48-46-25-11-16-30-56(46)65-60(48)58(52)63/h1-37H. The van der Waals surface area contributed by atoms with E-state index in [1.165, 1.54) is 92.6 Å². The van der Waals surface area contributed by atoms with Crippen LogP contribution in [0.4, 0.5) is 17.1 Å². The Morgan fingerprint density at radius 1 is 0.385 bits per heavy atom. The number of benzene rings is 10. The van der Waals surface area contributed by atoms with Gasteiger partial charge in [-0.1, -0.05) is 188 Å². The first-order chi connectivity index (χ1) is 32.3. The first-order valence-electron chi connectivity index (χ1n) is 22.5. The van der Waals surface area contributed by atoms with Gasteiger partial charge in [0.2, 0.25) is 0 Å². The molecule has 1 aliphatic heterocycles. The number of thiophene rings is 1. The maximum absolute atomic E-state index is 7.24. The van der Waals surface area contributed by atoms with Gasteiger partial charge in [0.25, 0.3) is 0 Å². The molecule has 302 valence electrons. The second kappa shape index (κ2) is 12.8. The zero-order valence-corrected chi connectivity index (χ0v) is 35.9. The van der Waals surface area contributed by atoms with Crippen molar-refractivity contribution in [3.8, 4) is 22.3 Å². The SMILES string of the molecule is c1ccc(C2(c3ccccc3)c3ccccc3-c3ccc(N4c5ccc6c(oc7ccccc76)c5C5(c6ccccc6-c6ccccc65)c5ccc6c(sc7ccccc76)c54)cc32)cc1. The lowest BCUT2D eigenvalue weighted by Crippen LogP contribution is -2.36. The number of rotatable bonds is 3. The molecule has 10 aromatic carbocycles. The smallest absolute Gasteiger partial charge is 0.142 e. The van der Waals surface area contributed by atoms with Gasteiger partial charge in [-0.2, -0.15) is 0 Å². The van der Waals surface area contributed by atoms with E-state index < -0.39 is 10.8 Å². The van der Waals surface area contributed by atoms with Gasteiger partial charge in [0.1, 0.15) is 11.2 Å². The average molecular weight is 844 g/mol. The lowest BCUT2D eigenvalue weighted by Gasteiger charge is -2.45. The third-order valence-corrected chi connectivity index (χ3v) is 16.1. The molecule has 12 aromatic rings. The largest absolute Gasteiger partial charge is 0.456 e. The van der Waals surface area contributed by atoms with Crippen molar-refractivity contribution in [1.29, 1.82) is 0 Å². The molecule has 3 heterocycles. The van der Waals surface area contributed by atoms with E-state index in [1.54, 1.807) is 0 Å². The minimum atomic E-state index is -0.684. The second-order valence-corrected chi connectivity index (χ2v) is 18.9. The van der Waals surface area contributed by atoms with Crippen molar-refractivity contribution in [2.45, 2.75) is 10.8 Å². The lowest BCUT2D eigenvalue weighted by molar-refractivity contribution is 0.646. The zero-order valence-electron chi connectivity index (χ0n) is 35.1. The van der Waals surface area contributed by atoms with Crippen LogP contribution in [-0.2, 0) is 10.8 Å². The Hall–Kier alpha value is -7.98. The van der Waals surface area contributed by atoms with Gasteiger partial charge in [-0.25, -0.2) is 0 Å². The molecular formula is C62H37NOS. The van der Waals surface area contributed by atoms with E-state index >= 15 is 0 Å². The Kier molecular flexibility index (Phi) is 7.00. The van der Waals surface area contributed by atoms with Crippen molar-refractivity contribution >= 4 is 70.5 Å². The molecule has 15 rings (SSSR count). The van der Waals surface area contributed by atoms with Crippen LogP contribution in [0.2, 0.25) is 0 Å². The number of hydrogen-bond acceptors (Lipinski definition) is 3. The van der Waals surface area contributed by atoms with E-state index in [-0.39, 0.29) is 0 Å². The monoisotopic (exact) mass is 843 g/mol. The minimum absolute atomic E-state index is 0.553. The highest BCUT2D eigenvalue weighted by atomic mass is 32.1. The van der Waals surface area contributed by atoms with Crippen molar-refractivity contribution in [3.05, 3.63) is 269 Å². The topological polar surface area (TPSA) is 16.4 Å². The summed E-state index contributed by atoms with van der Waals surface area (Å²) >= 11 is 1.91. The molecule has 0 bridgehead atoms. The summed E-state index contributed by atoms with van der Waals surface area (Å²) in [6.07, 6.45) is 0. The summed E-state index contributed by atoms with van der Waals surface area (Å²) in [5.74, 6) is 0. The number of nitrogens with zero attached hydrogens (tertiary/aromatic N) is 1. The fraction of sp³-hybridized carbons (Fsp3) is 0.0323. The van der Waals surface area contributed by atoms with Crippen LogP contribution in [0.15, 0.2) is 229 Å². The van der Waals surface area contributed by atoms with Crippen molar-refractivity contribution < 1.29 is 4.42 Å². The Morgan fingerprint density at radius 3 is 1.63 bits per heavy atom. The molecule has 3 aliphatic rings. The van der Waals surface area contributed by atoms with Crippen LogP contribution in [-0.4, -0.2) is 0 Å². The van der Waals surface area contributed by atoms with E-state index in [0.29, 0.717) is 0 Å². The minimum Gasteiger partial charge on any atom is -0.456 e. The Labute approximate surface area is 379 Å². The molecule has 0 amide bonds. The summed E-state index contributed by atoms with van der Waals surface area (Å²) in [4.78, 5) is 2.60. The third-order valence-electron chi connectivity index (χ3n) is 14.9. The van der Waals surface area contributed by atoms with Crippen LogP contribution in [0.25, 0.3) is 64.4 Å². The predicted octanol–water partition coefficient (Wildman–Crippen LogP) is 16.5. The Balaban J connectivity index is 1.13. The lowest BCUT2D eigenvalue weighted by atomic mass is 9.64. The maximum atomic E-state index is 7.24. The molecule has 0 saturated carbocycles. The van der Waals surface area contributed by atoms with E-state index in [1.807, 2.05) is 11.3 Å². The molecule has 65 heavy (non-hydrogen) atoms. The van der Waals surface area contributed by atoms with Crippen molar-refractivity contribution in [2.75, 3.05) is 4.90 Å². The van der Waals surface area contributed by atoms with Crippen LogP contribution in [0.5, 0.6) is 0 Å². The van der Waals surface area contributed by atoms with E-state index in [9.17, 15) is 0 Å². The van der Waals surface area contributed by atoms with Gasteiger partial charge in [0.15, 0.2) is 0 Å². The van der Waals surface area contributed by atoms with Gasteiger partial charge in [-0.15, -0.1) is 11.3 Å². The van der Waals surface area contributed by atoms with E-state index in [0.717, 1.165) is 33.3 Å². The van der Waals surface area contributed by atoms with Gasteiger partial charge in [-0.3, -0.25) is 0 Å². The summed E-state index contributed by atoms with van der Waals surface area (Å²) in [6, 6.07) is 83.8. The summed E-state index contributed by atoms with van der Waals surface area (Å²) in [5, 5.41) is 4.81. The highest BCUT2D eigenvalue weighted by Gasteiger charge is 2.54. The molecule has 2 aromatic heterocycles. The normalized spacial score (nSPS) is 14.7. The molecule has 0 fully saturated rings.